The van der Waals surface area contributed by atoms with Crippen molar-refractivity contribution in [3.05, 3.63) is 65.0 Å². The third kappa shape index (κ3) is 2.71. The van der Waals surface area contributed by atoms with Crippen molar-refractivity contribution in [2.24, 2.45) is 5.73 Å². The van der Waals surface area contributed by atoms with Gasteiger partial charge in [-0.2, -0.15) is 5.26 Å². The second-order valence-corrected chi connectivity index (χ2v) is 5.21. The maximum absolute atomic E-state index is 9.64. The molecule has 1 aliphatic heterocycles. The van der Waals surface area contributed by atoms with Crippen molar-refractivity contribution in [1.29, 1.82) is 5.26 Å². The van der Waals surface area contributed by atoms with E-state index < -0.39 is 0 Å². The molecule has 0 fully saturated rings. The van der Waals surface area contributed by atoms with Crippen LogP contribution in [-0.4, -0.2) is 11.7 Å². The van der Waals surface area contributed by atoms with E-state index in [1.165, 1.54) is 6.07 Å². The number of rotatable bonds is 3. The zero-order valence-corrected chi connectivity index (χ0v) is 12.7. The second-order valence-electron chi connectivity index (χ2n) is 5.21. The molecule has 1 heterocycles. The van der Waals surface area contributed by atoms with E-state index in [1.54, 1.807) is 24.3 Å². The van der Waals surface area contributed by atoms with Crippen LogP contribution in [0.25, 0.3) is 0 Å². The minimum absolute atomic E-state index is 0.0354. The first-order valence-electron chi connectivity index (χ1n) is 7.20. The fourth-order valence-electron chi connectivity index (χ4n) is 2.67. The molecule has 0 spiro atoms. The molecule has 0 aromatic heterocycles. The molecule has 0 aliphatic carbocycles. The Morgan fingerprint density at radius 3 is 2.67 bits per heavy atom. The summed E-state index contributed by atoms with van der Waals surface area (Å²) >= 11 is 0. The van der Waals surface area contributed by atoms with Crippen molar-refractivity contribution >= 4 is 0 Å². The highest BCUT2D eigenvalue weighted by Crippen LogP contribution is 2.43. The highest BCUT2D eigenvalue weighted by Gasteiger charge is 2.30. The summed E-state index contributed by atoms with van der Waals surface area (Å²) in [4.78, 5) is 0. The van der Waals surface area contributed by atoms with Crippen LogP contribution in [0, 0.1) is 23.7 Å². The van der Waals surface area contributed by atoms with Crippen LogP contribution in [0.2, 0.25) is 0 Å². The number of ether oxygens (including phenoxy) is 2. The second kappa shape index (κ2) is 6.28. The quantitative estimate of drug-likeness (QED) is 0.849. The smallest absolute Gasteiger partial charge is 0.205 e. The Labute approximate surface area is 139 Å². The molecule has 1 atom stereocenters. The number of hydrogen-bond donors (Lipinski definition) is 2. The normalized spacial score (nSPS) is 15.7. The fourth-order valence-corrected chi connectivity index (χ4v) is 2.67. The molecular formula is C19H14N2O3. The van der Waals surface area contributed by atoms with Crippen molar-refractivity contribution in [3.63, 3.8) is 0 Å². The summed E-state index contributed by atoms with van der Waals surface area (Å²) in [5.41, 5.74) is 7.83. The van der Waals surface area contributed by atoms with Gasteiger partial charge in [-0.25, -0.2) is 0 Å². The number of fused-ring (bicyclic) bond motifs is 1. The van der Waals surface area contributed by atoms with Gasteiger partial charge in [0.2, 0.25) is 5.88 Å². The number of nitrogens with two attached hydrogens (primary N) is 1. The SMILES string of the molecule is C#CCOc1ccc([C@@H]2C(C#N)=C(N)Oc3cc(O)ccc32)cc1. The summed E-state index contributed by atoms with van der Waals surface area (Å²) in [6.07, 6.45) is 5.17. The maximum atomic E-state index is 9.64. The number of benzene rings is 2. The van der Waals surface area contributed by atoms with Crippen LogP contribution in [0.3, 0.4) is 0 Å². The monoisotopic (exact) mass is 318 g/mol. The van der Waals surface area contributed by atoms with Crippen LogP contribution in [0.5, 0.6) is 17.2 Å². The lowest BCUT2D eigenvalue weighted by molar-refractivity contribution is 0.370. The molecule has 24 heavy (non-hydrogen) atoms. The van der Waals surface area contributed by atoms with Crippen LogP contribution in [0.15, 0.2) is 53.9 Å². The molecule has 3 N–H and O–H groups in total. The van der Waals surface area contributed by atoms with E-state index in [1.807, 2.05) is 12.1 Å². The van der Waals surface area contributed by atoms with Crippen LogP contribution < -0.4 is 15.2 Å². The fraction of sp³-hybridized carbons (Fsp3) is 0.105. The Hall–Kier alpha value is -3.57. The van der Waals surface area contributed by atoms with E-state index in [0.717, 1.165) is 11.1 Å². The predicted molar refractivity (Wildman–Crippen MR) is 88.2 cm³/mol. The lowest BCUT2D eigenvalue weighted by Crippen LogP contribution is -2.20. The van der Waals surface area contributed by atoms with Crippen LogP contribution in [-0.2, 0) is 0 Å². The van der Waals surface area contributed by atoms with Crippen molar-refractivity contribution in [2.45, 2.75) is 5.92 Å². The van der Waals surface area contributed by atoms with Gasteiger partial charge in [0.05, 0.1) is 5.92 Å². The zero-order valence-electron chi connectivity index (χ0n) is 12.7. The van der Waals surface area contributed by atoms with Gasteiger partial charge in [0.1, 0.15) is 35.5 Å². The molecule has 5 nitrogen and oxygen atoms in total. The number of hydrogen-bond acceptors (Lipinski definition) is 5. The third-order valence-electron chi connectivity index (χ3n) is 3.74. The average Bonchev–Trinajstić information content (AvgIpc) is 2.59. The van der Waals surface area contributed by atoms with E-state index in [-0.39, 0.29) is 24.2 Å². The van der Waals surface area contributed by atoms with Gasteiger partial charge < -0.3 is 20.3 Å². The van der Waals surface area contributed by atoms with Crippen LogP contribution in [0.1, 0.15) is 17.0 Å². The Balaban J connectivity index is 2.05. The van der Waals surface area contributed by atoms with Gasteiger partial charge in [0.15, 0.2) is 0 Å². The molecule has 3 rings (SSSR count). The van der Waals surface area contributed by atoms with Gasteiger partial charge in [0.25, 0.3) is 0 Å². The number of nitrogens with zero attached hydrogens (tertiary/aromatic N) is 1. The molecule has 2 aromatic rings. The predicted octanol–water partition coefficient (Wildman–Crippen LogP) is 2.62. The highest BCUT2D eigenvalue weighted by atomic mass is 16.5. The van der Waals surface area contributed by atoms with Crippen molar-refractivity contribution < 1.29 is 14.6 Å². The maximum Gasteiger partial charge on any atom is 0.205 e. The minimum atomic E-state index is -0.374. The summed E-state index contributed by atoms with van der Waals surface area (Å²) in [7, 11) is 0. The standard InChI is InChI=1S/C19H14N2O3/c1-2-9-23-14-6-3-12(4-7-14)18-15-8-5-13(22)10-17(15)24-19(21)16(18)11-20/h1,3-8,10,18,22H,9,21H2/t18-/m0/s1. The van der Waals surface area contributed by atoms with E-state index in [4.69, 9.17) is 21.6 Å². The lowest BCUT2D eigenvalue weighted by Gasteiger charge is -2.26. The summed E-state index contributed by atoms with van der Waals surface area (Å²) in [6, 6.07) is 14.1. The molecule has 5 heteroatoms. The number of nitriles is 1. The first-order valence-corrected chi connectivity index (χ1v) is 7.20. The summed E-state index contributed by atoms with van der Waals surface area (Å²) in [6.45, 7) is 0.190. The molecule has 0 amide bonds. The molecule has 118 valence electrons. The van der Waals surface area contributed by atoms with Crippen LogP contribution in [0.4, 0.5) is 0 Å². The largest absolute Gasteiger partial charge is 0.508 e. The minimum Gasteiger partial charge on any atom is -0.508 e. The number of phenolic OH excluding ortho intramolecular Hbond substituents is 1. The molecular weight excluding hydrogens is 304 g/mol. The van der Waals surface area contributed by atoms with Gasteiger partial charge in [-0.1, -0.05) is 24.1 Å². The molecule has 0 saturated heterocycles. The number of phenols is 1. The van der Waals surface area contributed by atoms with Crippen LogP contribution >= 0.6 is 0 Å². The Bertz CT molecular complexity index is 886. The first kappa shape index (κ1) is 15.3. The topological polar surface area (TPSA) is 88.5 Å². The van der Waals surface area contributed by atoms with Crippen molar-refractivity contribution in [3.8, 4) is 35.7 Å². The molecule has 0 bridgehead atoms. The first-order chi connectivity index (χ1) is 11.6. The Morgan fingerprint density at radius 1 is 1.25 bits per heavy atom. The van der Waals surface area contributed by atoms with E-state index >= 15 is 0 Å². The number of aromatic hydroxyl groups is 1. The molecule has 0 radical (unpaired) electrons. The van der Waals surface area contributed by atoms with Gasteiger partial charge >= 0.3 is 0 Å². The zero-order chi connectivity index (χ0) is 17.1. The van der Waals surface area contributed by atoms with Gasteiger partial charge in [0, 0.05) is 11.6 Å². The van der Waals surface area contributed by atoms with Gasteiger partial charge in [-0.15, -0.1) is 6.42 Å². The Morgan fingerprint density at radius 2 is 2.00 bits per heavy atom. The van der Waals surface area contributed by atoms with Gasteiger partial charge in [-0.3, -0.25) is 0 Å². The average molecular weight is 318 g/mol. The highest BCUT2D eigenvalue weighted by molar-refractivity contribution is 5.57. The number of allylic oxidation sites excluding steroid dienone is 1. The van der Waals surface area contributed by atoms with E-state index in [9.17, 15) is 10.4 Å². The van der Waals surface area contributed by atoms with Crippen molar-refractivity contribution in [1.82, 2.24) is 0 Å². The molecule has 0 saturated carbocycles. The van der Waals surface area contributed by atoms with Gasteiger partial charge in [-0.05, 0) is 23.8 Å². The van der Waals surface area contributed by atoms with E-state index in [0.29, 0.717) is 17.1 Å². The summed E-state index contributed by atoms with van der Waals surface area (Å²) in [5, 5.41) is 19.1. The third-order valence-corrected chi connectivity index (χ3v) is 3.74. The summed E-state index contributed by atoms with van der Waals surface area (Å²) < 4.78 is 10.8. The molecule has 1 aliphatic rings. The lowest BCUT2D eigenvalue weighted by atomic mass is 9.83. The number of terminal acetylenes is 1. The van der Waals surface area contributed by atoms with Crippen molar-refractivity contribution in [2.75, 3.05) is 6.61 Å². The molecule has 0 unspecified atom stereocenters. The molecule has 2 aromatic carbocycles. The van der Waals surface area contributed by atoms with E-state index in [2.05, 4.69) is 12.0 Å². The Kier molecular flexibility index (Phi) is 4.01. The summed E-state index contributed by atoms with van der Waals surface area (Å²) in [5.74, 6) is 3.21.